The molecule has 1 heterocycles. The van der Waals surface area contributed by atoms with Gasteiger partial charge < -0.3 is 5.73 Å². The van der Waals surface area contributed by atoms with E-state index in [-0.39, 0.29) is 0 Å². The fourth-order valence-corrected chi connectivity index (χ4v) is 2.21. The van der Waals surface area contributed by atoms with Crippen LogP contribution in [-0.4, -0.2) is 6.54 Å². The molecule has 0 aliphatic rings. The third kappa shape index (κ3) is 1.96. The number of aryl methyl sites for hydroxylation is 1. The fourth-order valence-electron chi connectivity index (χ4n) is 1.21. The lowest BCUT2D eigenvalue weighted by Gasteiger charge is -2.03. The van der Waals surface area contributed by atoms with Gasteiger partial charge in [0.05, 0.1) is 0 Å². The molecule has 2 N–H and O–H groups in total. The summed E-state index contributed by atoms with van der Waals surface area (Å²) < 4.78 is 0. The molecule has 12 heavy (non-hydrogen) atoms. The van der Waals surface area contributed by atoms with Crippen molar-refractivity contribution < 1.29 is 0 Å². The first-order valence-corrected chi connectivity index (χ1v) is 5.12. The molecule has 0 atom stereocenters. The minimum absolute atomic E-state index is 0.694. The van der Waals surface area contributed by atoms with Crippen LogP contribution in [0.1, 0.15) is 23.8 Å². The standard InChI is InChI=1S/C10H15NS/c1-3-9-5-7-12-10(9)8(2)4-6-11/h5,7H,2-4,6,11H2,1H3. The molecular formula is C10H15NS. The molecule has 0 amide bonds. The fraction of sp³-hybridized carbons (Fsp3) is 0.400. The van der Waals surface area contributed by atoms with E-state index < -0.39 is 0 Å². The lowest BCUT2D eigenvalue weighted by molar-refractivity contribution is 1.02. The van der Waals surface area contributed by atoms with Gasteiger partial charge in [-0.2, -0.15) is 0 Å². The zero-order valence-corrected chi connectivity index (χ0v) is 8.29. The smallest absolute Gasteiger partial charge is 0.0328 e. The molecule has 0 radical (unpaired) electrons. The Kier molecular flexibility index (Phi) is 3.50. The zero-order chi connectivity index (χ0) is 8.97. The van der Waals surface area contributed by atoms with E-state index in [1.807, 2.05) is 0 Å². The molecule has 1 nitrogen and oxygen atoms in total. The molecule has 0 spiro atoms. The van der Waals surface area contributed by atoms with Crippen molar-refractivity contribution in [1.82, 2.24) is 0 Å². The molecule has 0 fully saturated rings. The van der Waals surface area contributed by atoms with E-state index in [0.717, 1.165) is 12.8 Å². The third-order valence-electron chi connectivity index (χ3n) is 1.89. The first kappa shape index (κ1) is 9.49. The number of thiophene rings is 1. The van der Waals surface area contributed by atoms with Crippen LogP contribution < -0.4 is 5.73 Å². The molecule has 1 aromatic heterocycles. The summed E-state index contributed by atoms with van der Waals surface area (Å²) in [6.07, 6.45) is 2.00. The summed E-state index contributed by atoms with van der Waals surface area (Å²) >= 11 is 1.77. The maximum Gasteiger partial charge on any atom is 0.0328 e. The second-order valence-corrected chi connectivity index (χ2v) is 3.69. The number of rotatable bonds is 4. The largest absolute Gasteiger partial charge is 0.330 e. The molecule has 0 saturated carbocycles. The lowest BCUT2D eigenvalue weighted by Crippen LogP contribution is -1.99. The van der Waals surface area contributed by atoms with Crippen LogP contribution in [0.3, 0.4) is 0 Å². The van der Waals surface area contributed by atoms with E-state index >= 15 is 0 Å². The summed E-state index contributed by atoms with van der Waals surface area (Å²) in [5.74, 6) is 0. The van der Waals surface area contributed by atoms with Crippen LogP contribution in [0.15, 0.2) is 18.0 Å². The Morgan fingerprint density at radius 1 is 1.67 bits per heavy atom. The molecule has 2 heteroatoms. The Balaban J connectivity index is 2.79. The quantitative estimate of drug-likeness (QED) is 0.759. The van der Waals surface area contributed by atoms with E-state index in [9.17, 15) is 0 Å². The molecule has 1 aromatic rings. The van der Waals surface area contributed by atoms with Crippen molar-refractivity contribution in [3.8, 4) is 0 Å². The Morgan fingerprint density at radius 3 is 3.00 bits per heavy atom. The molecule has 0 unspecified atom stereocenters. The normalized spacial score (nSPS) is 10.2. The molecule has 0 aromatic carbocycles. The average Bonchev–Trinajstić information content (AvgIpc) is 2.51. The van der Waals surface area contributed by atoms with E-state index in [1.54, 1.807) is 11.3 Å². The van der Waals surface area contributed by atoms with Crippen molar-refractivity contribution in [3.63, 3.8) is 0 Å². The Bertz CT molecular complexity index is 263. The van der Waals surface area contributed by atoms with Crippen LogP contribution in [0.25, 0.3) is 5.57 Å². The SMILES string of the molecule is C=C(CCN)c1sccc1CC. The molecule has 1 rings (SSSR count). The highest BCUT2D eigenvalue weighted by molar-refractivity contribution is 7.11. The van der Waals surface area contributed by atoms with Crippen molar-refractivity contribution in [1.29, 1.82) is 0 Å². The Labute approximate surface area is 77.9 Å². The maximum atomic E-state index is 5.47. The van der Waals surface area contributed by atoms with Crippen LogP contribution in [0, 0.1) is 0 Å². The monoisotopic (exact) mass is 181 g/mol. The summed E-state index contributed by atoms with van der Waals surface area (Å²) in [5.41, 5.74) is 8.06. The van der Waals surface area contributed by atoms with Crippen molar-refractivity contribution in [2.45, 2.75) is 19.8 Å². The first-order valence-electron chi connectivity index (χ1n) is 4.24. The van der Waals surface area contributed by atoms with Crippen LogP contribution in [0.4, 0.5) is 0 Å². The van der Waals surface area contributed by atoms with Gasteiger partial charge in [-0.15, -0.1) is 11.3 Å². The van der Waals surface area contributed by atoms with Gasteiger partial charge in [-0.1, -0.05) is 13.5 Å². The van der Waals surface area contributed by atoms with Crippen LogP contribution in [0.2, 0.25) is 0 Å². The summed E-state index contributed by atoms with van der Waals surface area (Å²) in [6.45, 7) is 6.89. The predicted octanol–water partition coefficient (Wildman–Crippen LogP) is 2.67. The van der Waals surface area contributed by atoms with E-state index in [4.69, 9.17) is 5.73 Å². The molecule has 0 aliphatic carbocycles. The van der Waals surface area contributed by atoms with Crippen molar-refractivity contribution in [3.05, 3.63) is 28.5 Å². The number of hydrogen-bond acceptors (Lipinski definition) is 2. The van der Waals surface area contributed by atoms with Crippen LogP contribution >= 0.6 is 11.3 Å². The first-order chi connectivity index (χ1) is 5.79. The predicted molar refractivity (Wildman–Crippen MR) is 56.4 cm³/mol. The van der Waals surface area contributed by atoms with Gasteiger partial charge in [0.2, 0.25) is 0 Å². The highest BCUT2D eigenvalue weighted by atomic mass is 32.1. The third-order valence-corrected chi connectivity index (χ3v) is 2.95. The number of nitrogens with two attached hydrogens (primary N) is 1. The van der Waals surface area contributed by atoms with Gasteiger partial charge >= 0.3 is 0 Å². The average molecular weight is 181 g/mol. The van der Waals surface area contributed by atoms with Gasteiger partial charge in [0.25, 0.3) is 0 Å². The Hall–Kier alpha value is -0.600. The lowest BCUT2D eigenvalue weighted by atomic mass is 10.1. The molecular weight excluding hydrogens is 166 g/mol. The summed E-state index contributed by atoms with van der Waals surface area (Å²) in [7, 11) is 0. The zero-order valence-electron chi connectivity index (χ0n) is 7.47. The second-order valence-electron chi connectivity index (χ2n) is 2.77. The molecule has 0 bridgehead atoms. The molecule has 66 valence electrons. The van der Waals surface area contributed by atoms with Gasteiger partial charge in [0.15, 0.2) is 0 Å². The van der Waals surface area contributed by atoms with Gasteiger partial charge in [-0.05, 0) is 42.0 Å². The highest BCUT2D eigenvalue weighted by Gasteiger charge is 2.04. The van der Waals surface area contributed by atoms with E-state index in [2.05, 4.69) is 24.9 Å². The van der Waals surface area contributed by atoms with Gasteiger partial charge in [0.1, 0.15) is 0 Å². The topological polar surface area (TPSA) is 26.0 Å². The minimum Gasteiger partial charge on any atom is -0.330 e. The van der Waals surface area contributed by atoms with Crippen molar-refractivity contribution >= 4 is 16.9 Å². The maximum absolute atomic E-state index is 5.47. The summed E-state index contributed by atoms with van der Waals surface area (Å²) in [5, 5.41) is 2.12. The van der Waals surface area contributed by atoms with Crippen molar-refractivity contribution in [2.75, 3.05) is 6.54 Å². The van der Waals surface area contributed by atoms with Crippen LogP contribution in [-0.2, 0) is 6.42 Å². The van der Waals surface area contributed by atoms with Gasteiger partial charge in [0, 0.05) is 4.88 Å². The molecule has 0 aliphatic heterocycles. The van der Waals surface area contributed by atoms with Crippen LogP contribution in [0.5, 0.6) is 0 Å². The summed E-state index contributed by atoms with van der Waals surface area (Å²) in [4.78, 5) is 1.34. The van der Waals surface area contributed by atoms with Crippen molar-refractivity contribution in [2.24, 2.45) is 5.73 Å². The van der Waals surface area contributed by atoms with Gasteiger partial charge in [-0.25, -0.2) is 0 Å². The second kappa shape index (κ2) is 4.43. The van der Waals surface area contributed by atoms with E-state index in [0.29, 0.717) is 6.54 Å². The Morgan fingerprint density at radius 2 is 2.42 bits per heavy atom. The number of hydrogen-bond donors (Lipinski definition) is 1. The summed E-state index contributed by atoms with van der Waals surface area (Å²) in [6, 6.07) is 2.17. The highest BCUT2D eigenvalue weighted by Crippen LogP contribution is 2.26. The minimum atomic E-state index is 0.694. The van der Waals surface area contributed by atoms with E-state index in [1.165, 1.54) is 16.0 Å². The van der Waals surface area contributed by atoms with Gasteiger partial charge in [-0.3, -0.25) is 0 Å². The molecule has 0 saturated heterocycles.